The van der Waals surface area contributed by atoms with Crippen molar-refractivity contribution in [3.8, 4) is 0 Å². The molecule has 0 fully saturated rings. The average molecular weight is 494 g/mol. The van der Waals surface area contributed by atoms with E-state index < -0.39 is 42.2 Å². The van der Waals surface area contributed by atoms with Gasteiger partial charge in [-0.25, -0.2) is 4.79 Å². The molecule has 3 amide bonds. The topological polar surface area (TPSA) is 133 Å². The molecule has 2 N–H and O–H groups in total. The molecule has 2 aromatic rings. The van der Waals surface area contributed by atoms with Crippen LogP contribution in [0, 0.1) is 0 Å². The minimum absolute atomic E-state index is 0.0303. The van der Waals surface area contributed by atoms with E-state index in [0.717, 1.165) is 0 Å². The lowest BCUT2D eigenvalue weighted by Gasteiger charge is -2.38. The Balaban J connectivity index is 1.90. The molecule has 188 valence electrons. The van der Waals surface area contributed by atoms with Crippen molar-refractivity contribution in [3.05, 3.63) is 78.0 Å². The van der Waals surface area contributed by atoms with Gasteiger partial charge in [-0.1, -0.05) is 60.7 Å². The van der Waals surface area contributed by atoms with E-state index in [2.05, 4.69) is 5.32 Å². The van der Waals surface area contributed by atoms with Crippen LogP contribution < -0.4 is 5.32 Å². The quantitative estimate of drug-likeness (QED) is 0.473. The number of carbonyl (C=O) groups is 5. The normalized spacial score (nSPS) is 16.2. The molecule has 0 aromatic heterocycles. The van der Waals surface area contributed by atoms with Crippen molar-refractivity contribution in [2.75, 3.05) is 20.3 Å². The van der Waals surface area contributed by atoms with Crippen LogP contribution in [-0.2, 0) is 35.1 Å². The number of hydrogen-bond acceptors (Lipinski definition) is 6. The molecule has 1 heterocycles. The summed E-state index contributed by atoms with van der Waals surface area (Å²) in [5.74, 6) is -4.50. The predicted octanol–water partition coefficient (Wildman–Crippen LogP) is 1.07. The Bertz CT molecular complexity index is 1160. The van der Waals surface area contributed by atoms with Gasteiger partial charge in [-0.15, -0.1) is 0 Å². The first-order valence-electron chi connectivity index (χ1n) is 11.2. The number of Topliss-reactive ketones (excluding diaryl/α,β-unsaturated/α-hetero) is 1. The second-order valence-electron chi connectivity index (χ2n) is 8.18. The smallest absolute Gasteiger partial charge is 0.374 e. The summed E-state index contributed by atoms with van der Waals surface area (Å²) < 4.78 is 5.13. The Hall–Kier alpha value is -4.31. The second-order valence-corrected chi connectivity index (χ2v) is 8.18. The Labute approximate surface area is 208 Å². The monoisotopic (exact) mass is 493 g/mol. The second kappa shape index (κ2) is 11.9. The summed E-state index contributed by atoms with van der Waals surface area (Å²) in [7, 11) is 1.39. The molecule has 10 nitrogen and oxygen atoms in total. The molecule has 0 bridgehead atoms. The van der Waals surface area contributed by atoms with Gasteiger partial charge < -0.3 is 20.1 Å². The molecule has 3 rings (SSSR count). The summed E-state index contributed by atoms with van der Waals surface area (Å²) >= 11 is 0. The van der Waals surface area contributed by atoms with Crippen molar-refractivity contribution in [1.82, 2.24) is 15.1 Å². The van der Waals surface area contributed by atoms with E-state index in [-0.39, 0.29) is 18.9 Å². The van der Waals surface area contributed by atoms with E-state index in [9.17, 15) is 29.1 Å². The third-order valence-electron chi connectivity index (χ3n) is 5.64. The lowest BCUT2D eigenvalue weighted by Crippen LogP contribution is -2.56. The summed E-state index contributed by atoms with van der Waals surface area (Å²) in [6, 6.07) is 15.1. The van der Waals surface area contributed by atoms with Crippen LogP contribution in [0.2, 0.25) is 0 Å². The maximum Gasteiger partial charge on any atom is 0.374 e. The average Bonchev–Trinajstić information content (AvgIpc) is 2.86. The fraction of sp³-hybridized carbons (Fsp3) is 0.269. The van der Waals surface area contributed by atoms with E-state index in [1.54, 1.807) is 60.7 Å². The summed E-state index contributed by atoms with van der Waals surface area (Å²) in [4.78, 5) is 64.9. The number of ketones is 1. The van der Waals surface area contributed by atoms with Gasteiger partial charge in [0.2, 0.25) is 11.8 Å². The van der Waals surface area contributed by atoms with Crippen LogP contribution in [0.25, 0.3) is 5.70 Å². The molecular weight excluding hydrogens is 466 g/mol. The molecule has 1 aliphatic heterocycles. The van der Waals surface area contributed by atoms with Crippen molar-refractivity contribution in [3.63, 3.8) is 0 Å². The molecular formula is C26H27N3O7. The van der Waals surface area contributed by atoms with Crippen LogP contribution in [-0.4, -0.2) is 76.7 Å². The Morgan fingerprint density at radius 3 is 2.19 bits per heavy atom. The number of amides is 3. The zero-order valence-corrected chi connectivity index (χ0v) is 19.9. The van der Waals surface area contributed by atoms with Crippen molar-refractivity contribution in [2.45, 2.75) is 25.4 Å². The third-order valence-corrected chi connectivity index (χ3v) is 5.64. The first-order valence-corrected chi connectivity index (χ1v) is 11.2. The molecule has 0 radical (unpaired) electrons. The summed E-state index contributed by atoms with van der Waals surface area (Å²) in [6.07, 6.45) is 1.46. The number of carboxylic acid groups (broad SMARTS) is 1. The van der Waals surface area contributed by atoms with E-state index in [0.29, 0.717) is 16.8 Å². The van der Waals surface area contributed by atoms with E-state index in [4.69, 9.17) is 4.74 Å². The first kappa shape index (κ1) is 26.3. The molecule has 0 aliphatic carbocycles. The van der Waals surface area contributed by atoms with Crippen molar-refractivity contribution in [1.29, 1.82) is 0 Å². The number of aliphatic carboxylic acids is 1. The number of ether oxygens (including phenoxy) is 1. The van der Waals surface area contributed by atoms with Gasteiger partial charge in [-0.2, -0.15) is 0 Å². The third kappa shape index (κ3) is 6.22. The highest BCUT2D eigenvalue weighted by molar-refractivity contribution is 6.35. The molecule has 2 aromatic carbocycles. The van der Waals surface area contributed by atoms with Crippen molar-refractivity contribution < 1.29 is 33.8 Å². The number of hydrogen-bond donors (Lipinski definition) is 2. The number of carboxylic acids is 1. The molecule has 2 atom stereocenters. The minimum Gasteiger partial charge on any atom is -0.475 e. The maximum absolute atomic E-state index is 13.4. The molecule has 36 heavy (non-hydrogen) atoms. The zero-order valence-electron chi connectivity index (χ0n) is 19.9. The van der Waals surface area contributed by atoms with Gasteiger partial charge in [0.1, 0.15) is 18.6 Å². The predicted molar refractivity (Wildman–Crippen MR) is 129 cm³/mol. The Kier molecular flexibility index (Phi) is 8.69. The van der Waals surface area contributed by atoms with E-state index >= 15 is 0 Å². The van der Waals surface area contributed by atoms with Gasteiger partial charge in [0.15, 0.2) is 0 Å². The largest absolute Gasteiger partial charge is 0.475 e. The fourth-order valence-corrected chi connectivity index (χ4v) is 3.92. The Morgan fingerprint density at radius 1 is 1.03 bits per heavy atom. The Morgan fingerprint density at radius 2 is 1.64 bits per heavy atom. The van der Waals surface area contributed by atoms with E-state index in [1.165, 1.54) is 30.0 Å². The lowest BCUT2D eigenvalue weighted by molar-refractivity contribution is -0.150. The molecule has 0 saturated carbocycles. The van der Waals surface area contributed by atoms with Gasteiger partial charge >= 0.3 is 5.97 Å². The summed E-state index contributed by atoms with van der Waals surface area (Å²) in [5, 5.41) is 11.7. The SMILES string of the molecule is COC[C@H]1C(=O)N(CC(=O)N[C@@H](Cc2ccccc2)C(=O)C(=O)O)C(c2ccccc2)=CN1C(C)=O. The summed E-state index contributed by atoms with van der Waals surface area (Å²) in [5.41, 5.74) is 1.55. The lowest BCUT2D eigenvalue weighted by atomic mass is 10.0. The number of carbonyl (C=O) groups excluding carboxylic acids is 4. The number of rotatable bonds is 10. The van der Waals surface area contributed by atoms with Crippen LogP contribution >= 0.6 is 0 Å². The van der Waals surface area contributed by atoms with Gasteiger partial charge in [0.25, 0.3) is 11.7 Å². The van der Waals surface area contributed by atoms with Gasteiger partial charge in [0, 0.05) is 26.7 Å². The van der Waals surface area contributed by atoms with Crippen LogP contribution in [0.15, 0.2) is 66.9 Å². The highest BCUT2D eigenvalue weighted by Crippen LogP contribution is 2.27. The van der Waals surface area contributed by atoms with E-state index in [1.807, 2.05) is 0 Å². The van der Waals surface area contributed by atoms with Gasteiger partial charge in [-0.3, -0.25) is 24.1 Å². The van der Waals surface area contributed by atoms with Gasteiger partial charge in [-0.05, 0) is 11.1 Å². The minimum atomic E-state index is -1.67. The number of nitrogens with one attached hydrogen (secondary N) is 1. The number of nitrogens with zero attached hydrogens (tertiary/aromatic N) is 2. The highest BCUT2D eigenvalue weighted by Gasteiger charge is 2.39. The number of benzene rings is 2. The van der Waals surface area contributed by atoms with Gasteiger partial charge in [0.05, 0.1) is 12.3 Å². The zero-order chi connectivity index (χ0) is 26.2. The van der Waals surface area contributed by atoms with Crippen LogP contribution in [0.4, 0.5) is 0 Å². The number of methoxy groups -OCH3 is 1. The molecule has 0 saturated heterocycles. The maximum atomic E-state index is 13.4. The van der Waals surface area contributed by atoms with Crippen LogP contribution in [0.3, 0.4) is 0 Å². The molecule has 0 spiro atoms. The standard InChI is InChI=1S/C26H27N3O7/c1-17(30)28-14-21(19-11-7-4-8-12-19)29(25(33)22(28)16-36-2)15-23(31)27-20(24(32)26(34)35)13-18-9-5-3-6-10-18/h3-12,14,20,22H,13,15-16H2,1-2H3,(H,27,31)(H,34,35)/t20-,22-/m0/s1. The van der Waals surface area contributed by atoms with Crippen molar-refractivity contribution in [2.24, 2.45) is 0 Å². The fourth-order valence-electron chi connectivity index (χ4n) is 3.92. The van der Waals surface area contributed by atoms with Crippen LogP contribution in [0.1, 0.15) is 18.1 Å². The molecule has 1 aliphatic rings. The van der Waals surface area contributed by atoms with Crippen molar-refractivity contribution >= 4 is 35.2 Å². The molecule has 10 heteroatoms. The first-order chi connectivity index (χ1) is 17.2. The highest BCUT2D eigenvalue weighted by atomic mass is 16.5. The van der Waals surface area contributed by atoms with Crippen LogP contribution in [0.5, 0.6) is 0 Å². The summed E-state index contributed by atoms with van der Waals surface area (Å²) in [6.45, 7) is 0.732. The molecule has 0 unspecified atom stereocenters.